The number of thiophene rings is 1. The second-order valence-electron chi connectivity index (χ2n) is 6.54. The minimum Gasteiger partial charge on any atom is -0.392 e. The Morgan fingerprint density at radius 3 is 3.21 bits per heavy atom. The number of hydrogen-bond acceptors (Lipinski definition) is 6. The minimum absolute atomic E-state index is 0.105. The van der Waals surface area contributed by atoms with E-state index in [1.807, 2.05) is 0 Å². The second-order valence-corrected chi connectivity index (χ2v) is 7.62. The quantitative estimate of drug-likeness (QED) is 0.752. The topological polar surface area (TPSA) is 92.4 Å². The van der Waals surface area contributed by atoms with Gasteiger partial charge in [0.2, 0.25) is 5.82 Å². The van der Waals surface area contributed by atoms with Crippen LogP contribution in [0.15, 0.2) is 6.33 Å². The largest absolute Gasteiger partial charge is 0.392 e. The fourth-order valence-corrected chi connectivity index (χ4v) is 4.34. The molecule has 2 atom stereocenters. The van der Waals surface area contributed by atoms with Crippen molar-refractivity contribution in [2.24, 2.45) is 5.92 Å². The number of nitrogens with zero attached hydrogens (tertiary/aromatic N) is 4. The molecule has 0 saturated heterocycles. The van der Waals surface area contributed by atoms with Crippen LogP contribution in [0.5, 0.6) is 0 Å². The van der Waals surface area contributed by atoms with E-state index < -0.39 is 6.10 Å². The Morgan fingerprint density at radius 2 is 2.42 bits per heavy atom. The van der Waals surface area contributed by atoms with Gasteiger partial charge in [-0.1, -0.05) is 6.92 Å². The van der Waals surface area contributed by atoms with Gasteiger partial charge in [0.05, 0.1) is 11.5 Å². The van der Waals surface area contributed by atoms with Crippen molar-refractivity contribution >= 4 is 33.1 Å². The van der Waals surface area contributed by atoms with Gasteiger partial charge in [0.25, 0.3) is 5.91 Å². The lowest BCUT2D eigenvalue weighted by molar-refractivity contribution is 0.0914. The average molecular weight is 345 g/mol. The second kappa shape index (κ2) is 5.78. The number of carbonyl (C=O) groups excluding carboxylic acids is 1. The molecule has 0 fully saturated rings. The van der Waals surface area contributed by atoms with E-state index in [1.54, 1.807) is 29.1 Å². The molecular weight excluding hydrogens is 326 g/mol. The molecule has 0 saturated carbocycles. The average Bonchev–Trinajstić information content (AvgIpc) is 3.12. The Hall–Kier alpha value is -2.06. The van der Waals surface area contributed by atoms with Crippen molar-refractivity contribution in [3.8, 4) is 0 Å². The van der Waals surface area contributed by atoms with E-state index in [9.17, 15) is 9.90 Å². The molecule has 0 aromatic carbocycles. The Kier molecular flexibility index (Phi) is 3.73. The number of hydrogen-bond donors (Lipinski definition) is 2. The summed E-state index contributed by atoms with van der Waals surface area (Å²) in [4.78, 5) is 23.4. The maximum atomic E-state index is 12.2. The monoisotopic (exact) mass is 345 g/mol. The van der Waals surface area contributed by atoms with Crippen LogP contribution in [-0.4, -0.2) is 43.2 Å². The first kappa shape index (κ1) is 15.5. The van der Waals surface area contributed by atoms with E-state index in [0.29, 0.717) is 11.6 Å². The van der Waals surface area contributed by atoms with Crippen LogP contribution in [0.25, 0.3) is 15.9 Å². The fraction of sp³-hybridized carbons (Fsp3) is 0.500. The molecule has 3 heterocycles. The Bertz CT molecular complexity index is 929. The molecule has 0 radical (unpaired) electrons. The van der Waals surface area contributed by atoms with Gasteiger partial charge in [-0.05, 0) is 37.7 Å². The van der Waals surface area contributed by atoms with Gasteiger partial charge in [-0.3, -0.25) is 4.79 Å². The zero-order valence-corrected chi connectivity index (χ0v) is 14.4. The number of aliphatic hydroxyl groups is 1. The van der Waals surface area contributed by atoms with Crippen molar-refractivity contribution in [2.45, 2.75) is 39.2 Å². The molecule has 2 N–H and O–H groups in total. The highest BCUT2D eigenvalue weighted by molar-refractivity contribution is 7.19. The minimum atomic E-state index is -0.607. The number of fused-ring (bicyclic) bond motifs is 5. The molecule has 7 nitrogen and oxygen atoms in total. The lowest BCUT2D eigenvalue weighted by Crippen LogP contribution is -2.31. The molecule has 0 bridgehead atoms. The molecule has 2 unspecified atom stereocenters. The van der Waals surface area contributed by atoms with E-state index in [1.165, 1.54) is 16.9 Å². The number of amides is 1. The molecule has 0 aliphatic heterocycles. The van der Waals surface area contributed by atoms with Crippen LogP contribution < -0.4 is 5.32 Å². The molecule has 24 heavy (non-hydrogen) atoms. The standard InChI is InChI=1S/C16H19N5O2S/c1-8-3-4-11-10(5-8)12-14-19-13(15(23)17-6-9(2)22)20-21(14)7-18-16(12)24-11/h7-9,22H,3-6H2,1-2H3,(H,17,23). The number of aryl methyl sites for hydroxylation is 1. The van der Waals surface area contributed by atoms with Crippen molar-refractivity contribution < 1.29 is 9.90 Å². The van der Waals surface area contributed by atoms with E-state index in [2.05, 4.69) is 27.3 Å². The lowest BCUT2D eigenvalue weighted by Gasteiger charge is -2.17. The van der Waals surface area contributed by atoms with Gasteiger partial charge in [0.15, 0.2) is 5.65 Å². The molecule has 1 aliphatic carbocycles. The van der Waals surface area contributed by atoms with E-state index >= 15 is 0 Å². The molecule has 1 aliphatic rings. The summed E-state index contributed by atoms with van der Waals surface area (Å²) < 4.78 is 1.58. The predicted molar refractivity (Wildman–Crippen MR) is 91.4 cm³/mol. The van der Waals surface area contributed by atoms with Gasteiger partial charge in [-0.25, -0.2) is 14.5 Å². The maximum Gasteiger partial charge on any atom is 0.291 e. The van der Waals surface area contributed by atoms with Gasteiger partial charge in [0.1, 0.15) is 11.2 Å². The third-order valence-corrected chi connectivity index (χ3v) is 5.59. The third kappa shape index (κ3) is 2.55. The summed E-state index contributed by atoms with van der Waals surface area (Å²) in [7, 11) is 0. The first-order valence-corrected chi connectivity index (χ1v) is 8.96. The van der Waals surface area contributed by atoms with Crippen molar-refractivity contribution in [1.29, 1.82) is 0 Å². The zero-order valence-electron chi connectivity index (χ0n) is 13.6. The van der Waals surface area contributed by atoms with Crippen LogP contribution in [-0.2, 0) is 12.8 Å². The summed E-state index contributed by atoms with van der Waals surface area (Å²) in [6, 6.07) is 0. The predicted octanol–water partition coefficient (Wildman–Crippen LogP) is 1.57. The van der Waals surface area contributed by atoms with Crippen LogP contribution in [0.1, 0.15) is 41.3 Å². The number of aliphatic hydroxyl groups excluding tert-OH is 1. The Labute approximate surface area is 142 Å². The number of carbonyl (C=O) groups is 1. The van der Waals surface area contributed by atoms with Gasteiger partial charge in [-0.2, -0.15) is 0 Å². The molecule has 3 aromatic heterocycles. The van der Waals surface area contributed by atoms with Crippen LogP contribution in [0.3, 0.4) is 0 Å². The van der Waals surface area contributed by atoms with E-state index in [0.717, 1.165) is 23.1 Å². The van der Waals surface area contributed by atoms with Crippen molar-refractivity contribution in [2.75, 3.05) is 6.54 Å². The fourth-order valence-electron chi connectivity index (χ4n) is 3.16. The first-order chi connectivity index (χ1) is 11.5. The summed E-state index contributed by atoms with van der Waals surface area (Å²) in [5, 5.41) is 17.2. The molecule has 126 valence electrons. The van der Waals surface area contributed by atoms with Crippen molar-refractivity contribution in [3.05, 3.63) is 22.6 Å². The SMILES string of the molecule is CC(O)CNC(=O)c1nc2c3c4c(sc3ncn2n1)CCC(C)C4. The summed E-state index contributed by atoms with van der Waals surface area (Å²) in [6.45, 7) is 4.05. The van der Waals surface area contributed by atoms with E-state index in [4.69, 9.17) is 0 Å². The number of rotatable bonds is 3. The zero-order chi connectivity index (χ0) is 16.8. The lowest BCUT2D eigenvalue weighted by atomic mass is 9.89. The molecule has 8 heteroatoms. The summed E-state index contributed by atoms with van der Waals surface area (Å²) in [5.41, 5.74) is 2.00. The maximum absolute atomic E-state index is 12.2. The van der Waals surface area contributed by atoms with Gasteiger partial charge >= 0.3 is 0 Å². The van der Waals surface area contributed by atoms with Crippen LogP contribution in [0, 0.1) is 5.92 Å². The summed E-state index contributed by atoms with van der Waals surface area (Å²) >= 11 is 1.72. The summed E-state index contributed by atoms with van der Waals surface area (Å²) in [5.74, 6) is 0.367. The van der Waals surface area contributed by atoms with Crippen molar-refractivity contribution in [1.82, 2.24) is 24.9 Å². The first-order valence-electron chi connectivity index (χ1n) is 8.15. The van der Waals surface area contributed by atoms with Gasteiger partial charge in [0, 0.05) is 11.4 Å². The van der Waals surface area contributed by atoms with Crippen LogP contribution in [0.4, 0.5) is 0 Å². The summed E-state index contributed by atoms with van der Waals surface area (Å²) in [6.07, 6.45) is 4.31. The van der Waals surface area contributed by atoms with Crippen molar-refractivity contribution in [3.63, 3.8) is 0 Å². The highest BCUT2D eigenvalue weighted by atomic mass is 32.1. The van der Waals surface area contributed by atoms with Crippen LogP contribution >= 0.6 is 11.3 Å². The van der Waals surface area contributed by atoms with Gasteiger partial charge < -0.3 is 10.4 Å². The molecule has 0 spiro atoms. The molecule has 4 rings (SSSR count). The Morgan fingerprint density at radius 1 is 1.58 bits per heavy atom. The smallest absolute Gasteiger partial charge is 0.291 e. The van der Waals surface area contributed by atoms with E-state index in [-0.39, 0.29) is 18.3 Å². The normalized spacial score (nSPS) is 18.7. The van der Waals surface area contributed by atoms with Crippen LogP contribution in [0.2, 0.25) is 0 Å². The number of aromatic nitrogens is 4. The highest BCUT2D eigenvalue weighted by Gasteiger charge is 2.24. The van der Waals surface area contributed by atoms with Gasteiger partial charge in [-0.15, -0.1) is 16.4 Å². The Balaban J connectivity index is 1.80. The molecule has 1 amide bonds. The number of nitrogens with one attached hydrogen (secondary N) is 1. The molecule has 3 aromatic rings. The molecular formula is C16H19N5O2S. The highest BCUT2D eigenvalue weighted by Crippen LogP contribution is 2.38. The third-order valence-electron chi connectivity index (χ3n) is 4.39.